The Hall–Kier alpha value is -0.520. The molecule has 0 saturated heterocycles. The van der Waals surface area contributed by atoms with Gasteiger partial charge in [-0.2, -0.15) is 0 Å². The number of hydrogen-bond donors (Lipinski definition) is 2. The van der Waals surface area contributed by atoms with Crippen molar-refractivity contribution in [2.75, 3.05) is 0 Å². The molecule has 2 heteroatoms. The Kier molecular flexibility index (Phi) is 2.69. The molecule has 0 bridgehead atoms. The van der Waals surface area contributed by atoms with Gasteiger partial charge in [-0.25, -0.2) is 0 Å². The van der Waals surface area contributed by atoms with E-state index in [1.54, 1.807) is 6.92 Å². The molecule has 0 unspecified atom stereocenters. The minimum absolute atomic E-state index is 0.469. The van der Waals surface area contributed by atoms with Crippen molar-refractivity contribution in [1.82, 2.24) is 0 Å². The van der Waals surface area contributed by atoms with Gasteiger partial charge in [0.1, 0.15) is 5.60 Å². The van der Waals surface area contributed by atoms with E-state index in [2.05, 4.69) is 5.92 Å². The van der Waals surface area contributed by atoms with Crippen LogP contribution in [0.2, 0.25) is 0 Å². The summed E-state index contributed by atoms with van der Waals surface area (Å²) in [6, 6.07) is 0. The lowest BCUT2D eigenvalue weighted by Crippen LogP contribution is -2.36. The largest absolute Gasteiger partial charge is 0.389 e. The lowest BCUT2D eigenvalue weighted by atomic mass is 9.99. The molecule has 0 aromatic rings. The van der Waals surface area contributed by atoms with Crippen molar-refractivity contribution in [2.45, 2.75) is 32.0 Å². The summed E-state index contributed by atoms with van der Waals surface area (Å²) in [5.74, 6) is 2.10. The second-order valence-corrected chi connectivity index (χ2v) is 2.22. The van der Waals surface area contributed by atoms with E-state index in [4.69, 9.17) is 16.6 Å². The van der Waals surface area contributed by atoms with Gasteiger partial charge >= 0.3 is 0 Å². The van der Waals surface area contributed by atoms with Crippen molar-refractivity contribution < 1.29 is 10.2 Å². The maximum atomic E-state index is 9.11. The number of rotatable bonds is 2. The second kappa shape index (κ2) is 2.86. The molecule has 2 N–H and O–H groups in total. The van der Waals surface area contributed by atoms with E-state index in [-0.39, 0.29) is 0 Å². The van der Waals surface area contributed by atoms with Gasteiger partial charge in [-0.1, -0.05) is 12.8 Å². The zero-order chi connectivity index (χ0) is 7.49. The van der Waals surface area contributed by atoms with Crippen LogP contribution in [0.5, 0.6) is 0 Å². The van der Waals surface area contributed by atoms with E-state index in [0.717, 1.165) is 0 Å². The SMILES string of the molecule is C#C[C@@](C)(O)[C@H](O)CC. The van der Waals surface area contributed by atoms with Crippen LogP contribution in [-0.2, 0) is 0 Å². The van der Waals surface area contributed by atoms with Crippen LogP contribution in [0.15, 0.2) is 0 Å². The molecule has 2 nitrogen and oxygen atoms in total. The monoisotopic (exact) mass is 128 g/mol. The predicted molar refractivity (Wildman–Crippen MR) is 35.8 cm³/mol. The minimum Gasteiger partial charge on any atom is -0.389 e. The van der Waals surface area contributed by atoms with Crippen molar-refractivity contribution in [3.05, 3.63) is 0 Å². The highest BCUT2D eigenvalue weighted by Gasteiger charge is 2.25. The fraction of sp³-hybridized carbons (Fsp3) is 0.714. The highest BCUT2D eigenvalue weighted by Crippen LogP contribution is 2.10. The highest BCUT2D eigenvalue weighted by atomic mass is 16.3. The van der Waals surface area contributed by atoms with Crippen molar-refractivity contribution in [2.24, 2.45) is 0 Å². The second-order valence-electron chi connectivity index (χ2n) is 2.22. The maximum absolute atomic E-state index is 9.11. The van der Waals surface area contributed by atoms with E-state index in [1.165, 1.54) is 6.92 Å². The standard InChI is InChI=1S/C7H12O2/c1-4-6(8)7(3,9)5-2/h2,6,8-9H,4H2,1,3H3/t6-,7-/m1/s1. The number of aliphatic hydroxyl groups is 2. The summed E-state index contributed by atoms with van der Waals surface area (Å²) in [4.78, 5) is 0. The molecular weight excluding hydrogens is 116 g/mol. The summed E-state index contributed by atoms with van der Waals surface area (Å²) >= 11 is 0. The Balaban J connectivity index is 4.01. The van der Waals surface area contributed by atoms with Gasteiger partial charge in [0.05, 0.1) is 6.10 Å². The molecule has 2 atom stereocenters. The van der Waals surface area contributed by atoms with Gasteiger partial charge < -0.3 is 10.2 Å². The van der Waals surface area contributed by atoms with E-state index < -0.39 is 11.7 Å². The summed E-state index contributed by atoms with van der Waals surface area (Å²) in [5.41, 5.74) is -1.37. The van der Waals surface area contributed by atoms with Crippen molar-refractivity contribution in [3.63, 3.8) is 0 Å². The van der Waals surface area contributed by atoms with Crippen molar-refractivity contribution in [1.29, 1.82) is 0 Å². The van der Waals surface area contributed by atoms with Crippen molar-refractivity contribution in [3.8, 4) is 12.3 Å². The fourth-order valence-corrected chi connectivity index (χ4v) is 0.494. The Morgan fingerprint density at radius 2 is 2.22 bits per heavy atom. The zero-order valence-electron chi connectivity index (χ0n) is 5.76. The first-order valence-electron chi connectivity index (χ1n) is 2.92. The lowest BCUT2D eigenvalue weighted by Gasteiger charge is -2.21. The first-order chi connectivity index (χ1) is 4.04. The number of hydrogen-bond acceptors (Lipinski definition) is 2. The summed E-state index contributed by atoms with van der Waals surface area (Å²) in [7, 11) is 0. The van der Waals surface area contributed by atoms with Crippen LogP contribution in [0.1, 0.15) is 20.3 Å². The normalized spacial score (nSPS) is 19.9. The first kappa shape index (κ1) is 8.48. The molecular formula is C7H12O2. The van der Waals surface area contributed by atoms with E-state index in [9.17, 15) is 0 Å². The van der Waals surface area contributed by atoms with Gasteiger partial charge in [0.2, 0.25) is 0 Å². The zero-order valence-corrected chi connectivity index (χ0v) is 5.76. The summed E-state index contributed by atoms with van der Waals surface area (Å²) in [5, 5.41) is 18.1. The Bertz CT molecular complexity index is 121. The molecule has 52 valence electrons. The maximum Gasteiger partial charge on any atom is 0.148 e. The minimum atomic E-state index is -1.37. The van der Waals surface area contributed by atoms with Crippen LogP contribution in [0.4, 0.5) is 0 Å². The summed E-state index contributed by atoms with van der Waals surface area (Å²) in [6.45, 7) is 3.18. The number of aliphatic hydroxyl groups excluding tert-OH is 1. The molecule has 0 rings (SSSR count). The molecule has 9 heavy (non-hydrogen) atoms. The van der Waals surface area contributed by atoms with Crippen LogP contribution < -0.4 is 0 Å². The average molecular weight is 128 g/mol. The van der Waals surface area contributed by atoms with Crippen LogP contribution in [0.3, 0.4) is 0 Å². The smallest absolute Gasteiger partial charge is 0.148 e. The van der Waals surface area contributed by atoms with Gasteiger partial charge in [0.15, 0.2) is 0 Å². The third kappa shape index (κ3) is 2.05. The van der Waals surface area contributed by atoms with Crippen LogP contribution in [0.25, 0.3) is 0 Å². The Labute approximate surface area is 55.5 Å². The molecule has 0 aromatic carbocycles. The van der Waals surface area contributed by atoms with Gasteiger partial charge in [0, 0.05) is 0 Å². The molecule has 0 spiro atoms. The molecule has 0 aliphatic heterocycles. The van der Waals surface area contributed by atoms with Crippen molar-refractivity contribution >= 4 is 0 Å². The van der Waals surface area contributed by atoms with Gasteiger partial charge in [-0.3, -0.25) is 0 Å². The Morgan fingerprint density at radius 3 is 2.33 bits per heavy atom. The molecule has 0 heterocycles. The fourth-order valence-electron chi connectivity index (χ4n) is 0.494. The van der Waals surface area contributed by atoms with Crippen LogP contribution in [-0.4, -0.2) is 21.9 Å². The van der Waals surface area contributed by atoms with Crippen LogP contribution >= 0.6 is 0 Å². The van der Waals surface area contributed by atoms with E-state index >= 15 is 0 Å². The molecule has 0 fully saturated rings. The molecule has 0 amide bonds. The quantitative estimate of drug-likeness (QED) is 0.519. The molecule has 0 radical (unpaired) electrons. The third-order valence-electron chi connectivity index (χ3n) is 1.33. The van der Waals surface area contributed by atoms with E-state index in [0.29, 0.717) is 6.42 Å². The Morgan fingerprint density at radius 1 is 1.78 bits per heavy atom. The first-order valence-corrected chi connectivity index (χ1v) is 2.92. The highest BCUT2D eigenvalue weighted by molar-refractivity contribution is 5.07. The third-order valence-corrected chi connectivity index (χ3v) is 1.33. The molecule has 0 aliphatic rings. The van der Waals surface area contributed by atoms with Crippen LogP contribution in [0, 0.1) is 12.3 Å². The van der Waals surface area contributed by atoms with Gasteiger partial charge in [-0.05, 0) is 13.3 Å². The average Bonchev–Trinajstić information content (AvgIpc) is 1.86. The summed E-state index contributed by atoms with van der Waals surface area (Å²) < 4.78 is 0. The summed E-state index contributed by atoms with van der Waals surface area (Å²) in [6.07, 6.45) is 4.58. The topological polar surface area (TPSA) is 40.5 Å². The van der Waals surface area contributed by atoms with Gasteiger partial charge in [0.25, 0.3) is 0 Å². The molecule has 0 aromatic heterocycles. The van der Waals surface area contributed by atoms with E-state index in [1.807, 2.05) is 0 Å². The molecule has 0 saturated carbocycles. The predicted octanol–water partition coefficient (Wildman–Crippen LogP) is 0.141. The molecule has 0 aliphatic carbocycles. The lowest BCUT2D eigenvalue weighted by molar-refractivity contribution is -0.0202. The number of terminal acetylenes is 1. The van der Waals surface area contributed by atoms with Gasteiger partial charge in [-0.15, -0.1) is 6.42 Å².